The maximum atomic E-state index is 11.9. The first kappa shape index (κ1) is 13.0. The lowest BCUT2D eigenvalue weighted by molar-refractivity contribution is -0.136. The molecule has 1 heterocycles. The van der Waals surface area contributed by atoms with Crippen LogP contribution in [-0.4, -0.2) is 21.8 Å². The molecule has 0 spiro atoms. The summed E-state index contributed by atoms with van der Waals surface area (Å²) in [6, 6.07) is -0.418. The SMILES string of the molecule is Cn1ccnc1CCC(N)CCC(F)(F)F. The lowest BCUT2D eigenvalue weighted by Crippen LogP contribution is -2.24. The van der Waals surface area contributed by atoms with Crippen LogP contribution in [0.5, 0.6) is 0 Å². The van der Waals surface area contributed by atoms with Crippen molar-refractivity contribution in [2.75, 3.05) is 0 Å². The second kappa shape index (κ2) is 5.34. The van der Waals surface area contributed by atoms with Gasteiger partial charge in [0.2, 0.25) is 0 Å². The van der Waals surface area contributed by atoms with Crippen LogP contribution in [0.1, 0.15) is 25.1 Å². The molecule has 0 saturated heterocycles. The van der Waals surface area contributed by atoms with E-state index in [0.717, 1.165) is 5.82 Å². The molecule has 0 fully saturated rings. The highest BCUT2D eigenvalue weighted by molar-refractivity contribution is 4.91. The van der Waals surface area contributed by atoms with E-state index in [2.05, 4.69) is 4.98 Å². The Labute approximate surface area is 92.5 Å². The molecule has 0 radical (unpaired) electrons. The molecule has 6 heteroatoms. The number of hydrogen-bond acceptors (Lipinski definition) is 2. The molecule has 0 saturated carbocycles. The Hall–Kier alpha value is -1.04. The predicted molar refractivity (Wildman–Crippen MR) is 54.8 cm³/mol. The maximum absolute atomic E-state index is 11.9. The minimum Gasteiger partial charge on any atom is -0.338 e. The zero-order chi connectivity index (χ0) is 12.2. The number of halogens is 3. The van der Waals surface area contributed by atoms with Crippen LogP contribution in [0, 0.1) is 0 Å². The molecule has 92 valence electrons. The average molecular weight is 235 g/mol. The summed E-state index contributed by atoms with van der Waals surface area (Å²) in [7, 11) is 1.85. The summed E-state index contributed by atoms with van der Waals surface area (Å²) >= 11 is 0. The zero-order valence-corrected chi connectivity index (χ0v) is 9.17. The molecule has 1 rings (SSSR count). The molecule has 1 aromatic heterocycles. The van der Waals surface area contributed by atoms with Gasteiger partial charge in [-0.05, 0) is 12.8 Å². The monoisotopic (exact) mass is 235 g/mol. The fourth-order valence-electron chi connectivity index (χ4n) is 1.45. The second-order valence-corrected chi connectivity index (χ2v) is 3.91. The lowest BCUT2D eigenvalue weighted by atomic mass is 10.1. The summed E-state index contributed by atoms with van der Waals surface area (Å²) in [4.78, 5) is 4.08. The van der Waals surface area contributed by atoms with Crippen molar-refractivity contribution in [3.63, 3.8) is 0 Å². The largest absolute Gasteiger partial charge is 0.389 e. The third kappa shape index (κ3) is 4.65. The molecule has 1 unspecified atom stereocenters. The third-order valence-corrected chi connectivity index (χ3v) is 2.46. The highest BCUT2D eigenvalue weighted by Gasteiger charge is 2.27. The second-order valence-electron chi connectivity index (χ2n) is 3.91. The normalized spacial score (nSPS) is 14.1. The molecule has 16 heavy (non-hydrogen) atoms. The van der Waals surface area contributed by atoms with E-state index in [-0.39, 0.29) is 6.42 Å². The van der Waals surface area contributed by atoms with Crippen molar-refractivity contribution in [3.05, 3.63) is 18.2 Å². The van der Waals surface area contributed by atoms with E-state index in [1.54, 1.807) is 12.4 Å². The highest BCUT2D eigenvalue weighted by atomic mass is 19.4. The van der Waals surface area contributed by atoms with E-state index in [1.165, 1.54) is 0 Å². The third-order valence-electron chi connectivity index (χ3n) is 2.46. The first-order valence-electron chi connectivity index (χ1n) is 5.17. The van der Waals surface area contributed by atoms with E-state index in [9.17, 15) is 13.2 Å². The zero-order valence-electron chi connectivity index (χ0n) is 9.17. The standard InChI is InChI=1S/C10H16F3N3/c1-16-7-6-15-9(16)3-2-8(14)4-5-10(11,12)13/h6-8H,2-5,14H2,1H3. The number of rotatable bonds is 5. The van der Waals surface area contributed by atoms with Gasteiger partial charge < -0.3 is 10.3 Å². The predicted octanol–water partition coefficient (Wildman–Crippen LogP) is 2.02. The summed E-state index contributed by atoms with van der Waals surface area (Å²) in [5.74, 6) is 0.849. The van der Waals surface area contributed by atoms with Crippen LogP contribution >= 0.6 is 0 Å². The Morgan fingerprint density at radius 2 is 2.12 bits per heavy atom. The first-order valence-corrected chi connectivity index (χ1v) is 5.17. The van der Waals surface area contributed by atoms with Crippen molar-refractivity contribution in [2.24, 2.45) is 12.8 Å². The van der Waals surface area contributed by atoms with E-state index in [4.69, 9.17) is 5.73 Å². The van der Waals surface area contributed by atoms with Crippen LogP contribution in [0.2, 0.25) is 0 Å². The number of imidazole rings is 1. The Kier molecular flexibility index (Phi) is 4.35. The smallest absolute Gasteiger partial charge is 0.338 e. The number of aryl methyl sites for hydroxylation is 2. The topological polar surface area (TPSA) is 43.8 Å². The van der Waals surface area contributed by atoms with Crippen molar-refractivity contribution < 1.29 is 13.2 Å². The molecule has 1 atom stereocenters. The van der Waals surface area contributed by atoms with E-state index in [0.29, 0.717) is 12.8 Å². The summed E-state index contributed by atoms with van der Waals surface area (Å²) in [6.45, 7) is 0. The number of alkyl halides is 3. The first-order chi connectivity index (χ1) is 7.38. The minimum absolute atomic E-state index is 0.0199. The van der Waals surface area contributed by atoms with Crippen molar-refractivity contribution in [3.8, 4) is 0 Å². The maximum Gasteiger partial charge on any atom is 0.389 e. The minimum atomic E-state index is -4.11. The number of hydrogen-bond donors (Lipinski definition) is 1. The molecule has 0 aliphatic rings. The molecule has 0 bridgehead atoms. The molecular weight excluding hydrogens is 219 g/mol. The molecule has 1 aromatic rings. The van der Waals surface area contributed by atoms with Crippen LogP contribution in [0.4, 0.5) is 13.2 Å². The van der Waals surface area contributed by atoms with Crippen LogP contribution in [0.25, 0.3) is 0 Å². The summed E-state index contributed by atoms with van der Waals surface area (Å²) in [6.07, 6.45) is -0.333. The van der Waals surface area contributed by atoms with Gasteiger partial charge in [0.15, 0.2) is 0 Å². The van der Waals surface area contributed by atoms with Crippen LogP contribution in [0.3, 0.4) is 0 Å². The van der Waals surface area contributed by atoms with E-state index in [1.807, 2.05) is 11.6 Å². The van der Waals surface area contributed by atoms with E-state index < -0.39 is 18.6 Å². The van der Waals surface area contributed by atoms with Gasteiger partial charge in [0, 0.05) is 38.3 Å². The quantitative estimate of drug-likeness (QED) is 0.848. The fraction of sp³-hybridized carbons (Fsp3) is 0.700. The van der Waals surface area contributed by atoms with Crippen molar-refractivity contribution >= 4 is 0 Å². The highest BCUT2D eigenvalue weighted by Crippen LogP contribution is 2.22. The van der Waals surface area contributed by atoms with Gasteiger partial charge in [0.25, 0.3) is 0 Å². The van der Waals surface area contributed by atoms with Gasteiger partial charge in [0.1, 0.15) is 5.82 Å². The summed E-state index contributed by atoms with van der Waals surface area (Å²) in [5, 5.41) is 0. The molecule has 0 amide bonds. The lowest BCUT2D eigenvalue weighted by Gasteiger charge is -2.12. The Morgan fingerprint density at radius 3 is 2.62 bits per heavy atom. The van der Waals surface area contributed by atoms with Gasteiger partial charge >= 0.3 is 6.18 Å². The number of nitrogens with two attached hydrogens (primary N) is 1. The average Bonchev–Trinajstić information content (AvgIpc) is 2.57. The van der Waals surface area contributed by atoms with E-state index >= 15 is 0 Å². The van der Waals surface area contributed by atoms with Crippen molar-refractivity contribution in [2.45, 2.75) is 37.9 Å². The van der Waals surface area contributed by atoms with Crippen LogP contribution in [-0.2, 0) is 13.5 Å². The molecular formula is C10H16F3N3. The van der Waals surface area contributed by atoms with Crippen LogP contribution in [0.15, 0.2) is 12.4 Å². The molecule has 0 aromatic carbocycles. The van der Waals surface area contributed by atoms with Gasteiger partial charge in [-0.25, -0.2) is 4.98 Å². The fourth-order valence-corrected chi connectivity index (χ4v) is 1.45. The number of nitrogens with zero attached hydrogens (tertiary/aromatic N) is 2. The molecule has 2 N–H and O–H groups in total. The summed E-state index contributed by atoms with van der Waals surface area (Å²) in [5.41, 5.74) is 5.61. The number of aromatic nitrogens is 2. The van der Waals surface area contributed by atoms with Gasteiger partial charge in [0.05, 0.1) is 0 Å². The van der Waals surface area contributed by atoms with Gasteiger partial charge in [-0.1, -0.05) is 0 Å². The molecule has 0 aliphatic heterocycles. The van der Waals surface area contributed by atoms with Crippen LogP contribution < -0.4 is 5.73 Å². The summed E-state index contributed by atoms with van der Waals surface area (Å²) < 4.78 is 37.6. The molecule has 0 aliphatic carbocycles. The molecule has 3 nitrogen and oxygen atoms in total. The van der Waals surface area contributed by atoms with Gasteiger partial charge in [-0.3, -0.25) is 0 Å². The Bertz CT molecular complexity index is 319. The van der Waals surface area contributed by atoms with Crippen molar-refractivity contribution in [1.82, 2.24) is 9.55 Å². The van der Waals surface area contributed by atoms with Gasteiger partial charge in [-0.2, -0.15) is 13.2 Å². The van der Waals surface area contributed by atoms with Crippen molar-refractivity contribution in [1.29, 1.82) is 0 Å². The Morgan fingerprint density at radius 1 is 1.44 bits per heavy atom. The Balaban J connectivity index is 2.25. The van der Waals surface area contributed by atoms with Gasteiger partial charge in [-0.15, -0.1) is 0 Å².